The highest BCUT2D eigenvalue weighted by Gasteiger charge is 2.17. The molecule has 0 bridgehead atoms. The number of aromatic nitrogens is 2. The van der Waals surface area contributed by atoms with Crippen molar-refractivity contribution in [2.75, 3.05) is 0 Å². The lowest BCUT2D eigenvalue weighted by atomic mass is 10.0. The number of carbonyl (C=O) groups is 1. The number of nitrogens with two attached hydrogens (primary N) is 1. The van der Waals surface area contributed by atoms with Gasteiger partial charge in [0.15, 0.2) is 0 Å². The number of rotatable bonds is 4. The van der Waals surface area contributed by atoms with Crippen molar-refractivity contribution in [1.29, 1.82) is 5.41 Å². The Bertz CT molecular complexity index is 1170. The zero-order valence-electron chi connectivity index (χ0n) is 13.8. The highest BCUT2D eigenvalue weighted by atomic mass is 16.4. The number of hydrogen-bond donors (Lipinski definition) is 3. The van der Waals surface area contributed by atoms with Gasteiger partial charge in [-0.2, -0.15) is 0 Å². The van der Waals surface area contributed by atoms with Gasteiger partial charge in [-0.15, -0.1) is 0 Å². The van der Waals surface area contributed by atoms with E-state index in [0.29, 0.717) is 23.1 Å². The van der Waals surface area contributed by atoms with E-state index in [1.807, 2.05) is 42.5 Å². The highest BCUT2D eigenvalue weighted by Crippen LogP contribution is 2.25. The van der Waals surface area contributed by atoms with Crippen molar-refractivity contribution >= 4 is 33.5 Å². The number of hydrogen-bond acceptors (Lipinski definition) is 3. The third-order valence-corrected chi connectivity index (χ3v) is 4.49. The minimum absolute atomic E-state index is 0.151. The van der Waals surface area contributed by atoms with E-state index in [1.54, 1.807) is 22.9 Å². The summed E-state index contributed by atoms with van der Waals surface area (Å²) in [5.41, 5.74) is 7.75. The summed E-state index contributed by atoms with van der Waals surface area (Å²) in [5.74, 6) is -1.16. The Balaban J connectivity index is 1.94. The van der Waals surface area contributed by atoms with E-state index in [1.165, 1.54) is 0 Å². The van der Waals surface area contributed by atoms with E-state index in [9.17, 15) is 9.90 Å². The molecule has 0 saturated heterocycles. The van der Waals surface area contributed by atoms with Crippen LogP contribution in [0.2, 0.25) is 0 Å². The van der Waals surface area contributed by atoms with Gasteiger partial charge in [-0.3, -0.25) is 10.4 Å². The van der Waals surface area contributed by atoms with Gasteiger partial charge in [0.1, 0.15) is 17.2 Å². The fourth-order valence-corrected chi connectivity index (χ4v) is 3.25. The van der Waals surface area contributed by atoms with Gasteiger partial charge in [0.05, 0.1) is 5.52 Å². The summed E-state index contributed by atoms with van der Waals surface area (Å²) in [6.45, 7) is 0.397. The van der Waals surface area contributed by atoms with Crippen LogP contribution in [-0.2, 0) is 6.54 Å². The molecule has 128 valence electrons. The lowest BCUT2D eigenvalue weighted by molar-refractivity contribution is 0.0686. The van der Waals surface area contributed by atoms with Gasteiger partial charge in [0.25, 0.3) is 0 Å². The number of pyridine rings is 1. The first kappa shape index (κ1) is 15.8. The molecule has 0 saturated carbocycles. The van der Waals surface area contributed by atoms with Crippen molar-refractivity contribution in [2.45, 2.75) is 6.54 Å². The van der Waals surface area contributed by atoms with Crippen molar-refractivity contribution < 1.29 is 9.90 Å². The van der Waals surface area contributed by atoms with E-state index in [-0.39, 0.29) is 11.5 Å². The number of nitrogens with one attached hydrogen (secondary N) is 1. The fourth-order valence-electron chi connectivity index (χ4n) is 3.25. The average Bonchev–Trinajstić information content (AvgIpc) is 3.00. The number of nitrogen functional groups attached to an aromatic ring is 1. The first-order valence-corrected chi connectivity index (χ1v) is 8.08. The largest absolute Gasteiger partial charge is 0.477 e. The first-order chi connectivity index (χ1) is 12.5. The molecule has 6 heteroatoms. The summed E-state index contributed by atoms with van der Waals surface area (Å²) in [6.07, 6.45) is 1.55. The van der Waals surface area contributed by atoms with Crippen LogP contribution in [0.4, 0.5) is 0 Å². The molecule has 0 atom stereocenters. The molecule has 0 spiro atoms. The molecule has 26 heavy (non-hydrogen) atoms. The SMILES string of the molecule is N=C(N)c1cc2c(cn1)cc(C(=O)O)n2Cc1cccc2ccccc12. The molecule has 2 aromatic heterocycles. The second-order valence-electron chi connectivity index (χ2n) is 6.10. The van der Waals surface area contributed by atoms with Crippen molar-refractivity contribution in [1.82, 2.24) is 9.55 Å². The van der Waals surface area contributed by atoms with Crippen LogP contribution in [0.25, 0.3) is 21.7 Å². The minimum Gasteiger partial charge on any atom is -0.477 e. The number of benzene rings is 2. The Morgan fingerprint density at radius 1 is 1.12 bits per heavy atom. The molecule has 0 aliphatic rings. The molecule has 2 aromatic carbocycles. The van der Waals surface area contributed by atoms with Gasteiger partial charge in [0.2, 0.25) is 0 Å². The summed E-state index contributed by atoms with van der Waals surface area (Å²) >= 11 is 0. The molecule has 4 N–H and O–H groups in total. The average molecular weight is 344 g/mol. The molecule has 0 unspecified atom stereocenters. The number of aromatic carboxylic acids is 1. The Morgan fingerprint density at radius 2 is 1.88 bits per heavy atom. The van der Waals surface area contributed by atoms with Crippen LogP contribution in [0.1, 0.15) is 21.7 Å². The lowest BCUT2D eigenvalue weighted by Gasteiger charge is -2.12. The van der Waals surface area contributed by atoms with E-state index < -0.39 is 5.97 Å². The Kier molecular flexibility index (Phi) is 3.65. The zero-order chi connectivity index (χ0) is 18.3. The molecular formula is C20H16N4O2. The molecule has 4 aromatic rings. The Hall–Kier alpha value is -3.67. The highest BCUT2D eigenvalue weighted by molar-refractivity contribution is 5.99. The van der Waals surface area contributed by atoms with Crippen LogP contribution in [0, 0.1) is 5.41 Å². The maximum atomic E-state index is 11.8. The minimum atomic E-state index is -1.01. The molecule has 0 aliphatic carbocycles. The third-order valence-electron chi connectivity index (χ3n) is 4.49. The van der Waals surface area contributed by atoms with E-state index in [4.69, 9.17) is 11.1 Å². The van der Waals surface area contributed by atoms with E-state index >= 15 is 0 Å². The maximum absolute atomic E-state index is 11.8. The quantitative estimate of drug-likeness (QED) is 0.390. The molecule has 4 rings (SSSR count). The number of carboxylic acids is 1. The van der Waals surface area contributed by atoms with Crippen LogP contribution >= 0.6 is 0 Å². The van der Waals surface area contributed by atoms with Crippen LogP contribution in [0.3, 0.4) is 0 Å². The Labute approximate surface area is 149 Å². The van der Waals surface area contributed by atoms with Crippen LogP contribution in [0.5, 0.6) is 0 Å². The van der Waals surface area contributed by atoms with Crippen molar-refractivity contribution in [3.63, 3.8) is 0 Å². The summed E-state index contributed by atoms with van der Waals surface area (Å²) in [4.78, 5) is 15.9. The third kappa shape index (κ3) is 2.57. The molecule has 0 fully saturated rings. The monoisotopic (exact) mass is 344 g/mol. The second-order valence-corrected chi connectivity index (χ2v) is 6.10. The standard InChI is InChI=1S/C20H16N4O2/c21-19(22)16-9-17-14(10-23-16)8-18(20(25)26)24(17)11-13-6-3-5-12-4-1-2-7-15(12)13/h1-10H,11H2,(H3,21,22)(H,25,26). The van der Waals surface area contributed by atoms with Crippen LogP contribution in [-0.4, -0.2) is 26.5 Å². The number of nitrogens with zero attached hydrogens (tertiary/aromatic N) is 2. The van der Waals surface area contributed by atoms with Gasteiger partial charge >= 0.3 is 5.97 Å². The second kappa shape index (κ2) is 6.00. The molecule has 0 radical (unpaired) electrons. The first-order valence-electron chi connectivity index (χ1n) is 8.08. The zero-order valence-corrected chi connectivity index (χ0v) is 13.8. The van der Waals surface area contributed by atoms with Gasteiger partial charge in [-0.05, 0) is 28.5 Å². The van der Waals surface area contributed by atoms with Crippen molar-refractivity contribution in [2.24, 2.45) is 5.73 Å². The molecule has 2 heterocycles. The molecule has 0 aliphatic heterocycles. The van der Waals surface area contributed by atoms with E-state index in [2.05, 4.69) is 4.98 Å². The van der Waals surface area contributed by atoms with Crippen molar-refractivity contribution in [3.8, 4) is 0 Å². The normalized spacial score (nSPS) is 11.1. The van der Waals surface area contributed by atoms with Crippen molar-refractivity contribution in [3.05, 3.63) is 77.7 Å². The molecular weight excluding hydrogens is 328 g/mol. The molecule has 6 nitrogen and oxygen atoms in total. The van der Waals surface area contributed by atoms with E-state index in [0.717, 1.165) is 16.3 Å². The fraction of sp³-hybridized carbons (Fsp3) is 0.0500. The maximum Gasteiger partial charge on any atom is 0.352 e. The number of carboxylic acid groups (broad SMARTS) is 1. The summed E-state index contributed by atoms with van der Waals surface area (Å²) in [5, 5.41) is 20.1. The van der Waals surface area contributed by atoms with Crippen LogP contribution in [0.15, 0.2) is 60.8 Å². The summed E-state index contributed by atoms with van der Waals surface area (Å²) < 4.78 is 1.73. The topological polar surface area (TPSA) is 105 Å². The number of amidine groups is 1. The smallest absolute Gasteiger partial charge is 0.352 e. The van der Waals surface area contributed by atoms with Gasteiger partial charge < -0.3 is 15.4 Å². The Morgan fingerprint density at radius 3 is 2.65 bits per heavy atom. The predicted octanol–water partition coefficient (Wildman–Crippen LogP) is 3.22. The number of fused-ring (bicyclic) bond motifs is 2. The van der Waals surface area contributed by atoms with Gasteiger partial charge in [-0.25, -0.2) is 4.79 Å². The predicted molar refractivity (Wildman–Crippen MR) is 101 cm³/mol. The van der Waals surface area contributed by atoms with Gasteiger partial charge in [-0.1, -0.05) is 42.5 Å². The van der Waals surface area contributed by atoms with Gasteiger partial charge in [0, 0.05) is 18.1 Å². The summed E-state index contributed by atoms with van der Waals surface area (Å²) in [6, 6.07) is 17.2. The molecule has 0 amide bonds. The summed E-state index contributed by atoms with van der Waals surface area (Å²) in [7, 11) is 0. The van der Waals surface area contributed by atoms with Crippen LogP contribution < -0.4 is 5.73 Å². The lowest BCUT2D eigenvalue weighted by Crippen LogP contribution is -2.13.